The van der Waals surface area contributed by atoms with E-state index in [-0.39, 0.29) is 30.9 Å². The number of nitrogens with zero attached hydrogens (tertiary/aromatic N) is 5. The molecule has 2 aromatic heterocycles. The molecule has 1 fully saturated rings. The number of aromatic nitrogens is 4. The van der Waals surface area contributed by atoms with Gasteiger partial charge in [0.15, 0.2) is 17.5 Å². The number of benzene rings is 1. The maximum absolute atomic E-state index is 13.6. The van der Waals surface area contributed by atoms with E-state index in [0.29, 0.717) is 29.9 Å². The molecule has 1 saturated carbocycles. The quantitative estimate of drug-likeness (QED) is 0.438. The predicted molar refractivity (Wildman–Crippen MR) is 104 cm³/mol. The predicted octanol–water partition coefficient (Wildman–Crippen LogP) is 3.85. The second-order valence-corrected chi connectivity index (χ2v) is 7.89. The summed E-state index contributed by atoms with van der Waals surface area (Å²) in [7, 11) is 3.39. The normalized spacial score (nSPS) is 16.3. The molecule has 11 heteroatoms. The molecule has 2 aliphatic rings. The van der Waals surface area contributed by atoms with Gasteiger partial charge < -0.3 is 4.90 Å². The van der Waals surface area contributed by atoms with Gasteiger partial charge in [0.25, 0.3) is 5.91 Å². The molecule has 0 spiro atoms. The van der Waals surface area contributed by atoms with Crippen molar-refractivity contribution in [2.45, 2.75) is 31.7 Å². The summed E-state index contributed by atoms with van der Waals surface area (Å²) < 4.78 is 65.9. The maximum atomic E-state index is 13.6. The highest BCUT2D eigenvalue weighted by Crippen LogP contribution is 2.40. The monoisotopic (exact) mass is 453 g/mol. The molecule has 0 N–H and O–H groups in total. The molecule has 1 aliphatic heterocycles. The van der Waals surface area contributed by atoms with Crippen molar-refractivity contribution in [3.8, 4) is 11.3 Å². The minimum atomic E-state index is -2.25. The minimum absolute atomic E-state index is 0.118. The van der Waals surface area contributed by atoms with Crippen LogP contribution in [0.3, 0.4) is 0 Å². The zero-order valence-corrected chi connectivity index (χ0v) is 17.4. The summed E-state index contributed by atoms with van der Waals surface area (Å²) in [6.45, 7) is 0.717. The summed E-state index contributed by atoms with van der Waals surface area (Å²) in [4.78, 5) is 14.3. The molecule has 0 bridgehead atoms. The van der Waals surface area contributed by atoms with E-state index >= 15 is 0 Å². The van der Waals surface area contributed by atoms with Gasteiger partial charge in [-0.05, 0) is 18.6 Å². The Kier molecular flexibility index (Phi) is 5.51. The highest BCUT2D eigenvalue weighted by atomic mass is 19.3. The van der Waals surface area contributed by atoms with E-state index in [1.54, 1.807) is 29.9 Å². The lowest BCUT2D eigenvalue weighted by molar-refractivity contribution is 0.0732. The van der Waals surface area contributed by atoms with Crippen molar-refractivity contribution in [3.63, 3.8) is 0 Å². The third-order valence-corrected chi connectivity index (χ3v) is 5.33. The van der Waals surface area contributed by atoms with Crippen LogP contribution in [0.25, 0.3) is 11.3 Å². The molecule has 5 rings (SSSR count). The molecule has 32 heavy (non-hydrogen) atoms. The molecule has 0 unspecified atom stereocenters. The van der Waals surface area contributed by atoms with Gasteiger partial charge in [-0.15, -0.1) is 0 Å². The number of carbonyl (C=O) groups excluding carboxylic acids is 1. The van der Waals surface area contributed by atoms with Crippen LogP contribution in [0, 0.1) is 17.5 Å². The van der Waals surface area contributed by atoms with Gasteiger partial charge in [0.1, 0.15) is 0 Å². The molecular weight excluding hydrogens is 433 g/mol. The fourth-order valence-electron chi connectivity index (χ4n) is 3.56. The highest BCUT2D eigenvalue weighted by Gasteiger charge is 2.43. The first-order valence-corrected chi connectivity index (χ1v) is 9.91. The fraction of sp³-hybridized carbons (Fsp3) is 0.381. The lowest BCUT2D eigenvalue weighted by atomic mass is 9.99. The van der Waals surface area contributed by atoms with Gasteiger partial charge in [0.05, 0.1) is 29.7 Å². The van der Waals surface area contributed by atoms with Crippen LogP contribution in [0.15, 0.2) is 24.5 Å². The highest BCUT2D eigenvalue weighted by molar-refractivity contribution is 5.93. The van der Waals surface area contributed by atoms with Crippen LogP contribution in [0.1, 0.15) is 34.5 Å². The van der Waals surface area contributed by atoms with Crippen LogP contribution < -0.4 is 0 Å². The first kappa shape index (κ1) is 22.0. The van der Waals surface area contributed by atoms with E-state index in [0.717, 1.165) is 17.7 Å². The van der Waals surface area contributed by atoms with E-state index in [4.69, 9.17) is 0 Å². The molecule has 0 atom stereocenters. The van der Waals surface area contributed by atoms with E-state index < -0.39 is 23.4 Å². The SMILES string of the molecule is Cn1cc(C(=O)N2CCc3c(nn(C)c3-c3cc(F)c(F)c(F)c3)C2)cn1.FC1(F)CC1. The molecule has 6 nitrogen and oxygen atoms in total. The Morgan fingerprint density at radius 2 is 1.72 bits per heavy atom. The van der Waals surface area contributed by atoms with Crippen molar-refractivity contribution < 1.29 is 26.7 Å². The summed E-state index contributed by atoms with van der Waals surface area (Å²) in [6, 6.07) is 1.92. The van der Waals surface area contributed by atoms with Gasteiger partial charge in [-0.2, -0.15) is 10.2 Å². The fourth-order valence-corrected chi connectivity index (χ4v) is 3.56. The second kappa shape index (κ2) is 8.03. The van der Waals surface area contributed by atoms with Crippen LogP contribution in [0.2, 0.25) is 0 Å². The van der Waals surface area contributed by atoms with Crippen molar-refractivity contribution in [1.82, 2.24) is 24.5 Å². The number of rotatable bonds is 2. The number of fused-ring (bicyclic) bond motifs is 1. The third kappa shape index (κ3) is 4.37. The van der Waals surface area contributed by atoms with Crippen LogP contribution >= 0.6 is 0 Å². The molecule has 1 amide bonds. The summed E-state index contributed by atoms with van der Waals surface area (Å²) in [5.74, 6) is -6.39. The molecule has 1 aliphatic carbocycles. The topological polar surface area (TPSA) is 56.0 Å². The van der Waals surface area contributed by atoms with Crippen LogP contribution in [0.5, 0.6) is 0 Å². The smallest absolute Gasteiger partial charge is 0.257 e. The van der Waals surface area contributed by atoms with Crippen molar-refractivity contribution in [1.29, 1.82) is 0 Å². The van der Waals surface area contributed by atoms with Gasteiger partial charge in [-0.25, -0.2) is 22.0 Å². The van der Waals surface area contributed by atoms with E-state index in [1.807, 2.05) is 0 Å². The van der Waals surface area contributed by atoms with Crippen molar-refractivity contribution in [2.75, 3.05) is 6.54 Å². The van der Waals surface area contributed by atoms with Gasteiger partial charge in [-0.3, -0.25) is 14.2 Å². The van der Waals surface area contributed by atoms with E-state index in [2.05, 4.69) is 10.2 Å². The molecule has 0 saturated heterocycles. The zero-order chi connectivity index (χ0) is 23.2. The summed E-state index contributed by atoms with van der Waals surface area (Å²) in [6.07, 6.45) is 3.86. The zero-order valence-electron chi connectivity index (χ0n) is 17.4. The molecule has 170 valence electrons. The average molecular weight is 453 g/mol. The molecular formula is C21H20F5N5O. The Balaban J connectivity index is 0.000000433. The Hall–Kier alpha value is -3.24. The number of hydrogen-bond acceptors (Lipinski definition) is 3. The summed E-state index contributed by atoms with van der Waals surface area (Å²) in [5, 5.41) is 8.41. The Bertz CT molecular complexity index is 1160. The van der Waals surface area contributed by atoms with Crippen molar-refractivity contribution >= 4 is 5.91 Å². The second-order valence-electron chi connectivity index (χ2n) is 7.89. The minimum Gasteiger partial charge on any atom is -0.332 e. The molecule has 3 aromatic rings. The van der Waals surface area contributed by atoms with Gasteiger partial charge in [0, 0.05) is 50.8 Å². The summed E-state index contributed by atoms with van der Waals surface area (Å²) in [5.41, 5.74) is 2.69. The standard InChI is InChI=1S/C18H16F3N5O.C3H4F2/c1-24-8-11(7-22-24)18(27)26-4-3-12-15(9-26)23-25(2)17(12)10-5-13(19)16(21)14(20)6-10;4-3(5)1-2-3/h5-8H,3-4,9H2,1-2H3;1-2H2. The molecule has 0 radical (unpaired) electrons. The molecule has 1 aromatic carbocycles. The lowest BCUT2D eigenvalue weighted by Crippen LogP contribution is -2.35. The van der Waals surface area contributed by atoms with E-state index in [1.165, 1.54) is 10.9 Å². The summed E-state index contributed by atoms with van der Waals surface area (Å²) >= 11 is 0. The van der Waals surface area contributed by atoms with E-state index in [9.17, 15) is 26.7 Å². The van der Waals surface area contributed by atoms with Gasteiger partial charge in [-0.1, -0.05) is 0 Å². The Morgan fingerprint density at radius 1 is 1.09 bits per heavy atom. The first-order valence-electron chi connectivity index (χ1n) is 9.91. The molecule has 3 heterocycles. The number of aryl methyl sites for hydroxylation is 2. The van der Waals surface area contributed by atoms with Crippen molar-refractivity contribution in [2.24, 2.45) is 14.1 Å². The van der Waals surface area contributed by atoms with Gasteiger partial charge in [0.2, 0.25) is 5.92 Å². The first-order chi connectivity index (χ1) is 15.1. The Morgan fingerprint density at radius 3 is 2.25 bits per heavy atom. The van der Waals surface area contributed by atoms with Crippen LogP contribution in [-0.4, -0.2) is 42.8 Å². The number of hydrogen-bond donors (Lipinski definition) is 0. The van der Waals surface area contributed by atoms with Crippen LogP contribution in [-0.2, 0) is 27.1 Å². The maximum Gasteiger partial charge on any atom is 0.257 e. The van der Waals surface area contributed by atoms with Gasteiger partial charge >= 0.3 is 0 Å². The number of amides is 1. The Labute approximate surface area is 180 Å². The average Bonchev–Trinajstić information content (AvgIpc) is 3.11. The lowest BCUT2D eigenvalue weighted by Gasteiger charge is -2.26. The largest absolute Gasteiger partial charge is 0.332 e. The third-order valence-electron chi connectivity index (χ3n) is 5.33. The number of halogens is 5. The number of alkyl halides is 2. The number of carbonyl (C=O) groups is 1. The van der Waals surface area contributed by atoms with Crippen LogP contribution in [0.4, 0.5) is 22.0 Å². The van der Waals surface area contributed by atoms with Crippen molar-refractivity contribution in [3.05, 3.63) is 58.8 Å².